The van der Waals surface area contributed by atoms with Gasteiger partial charge in [-0.1, -0.05) is 36.4 Å². The number of carbonyl (C=O) groups is 2. The second-order valence-electron chi connectivity index (χ2n) is 10.7. The number of nitrogens with one attached hydrogen (secondary N) is 1. The molecule has 2 aliphatic rings. The second kappa shape index (κ2) is 9.51. The molecular weight excluding hydrogens is 520 g/mol. The predicted molar refractivity (Wildman–Crippen MR) is 152 cm³/mol. The fourth-order valence-corrected chi connectivity index (χ4v) is 6.45. The molecule has 206 valence electrons. The Bertz CT molecular complexity index is 1780. The van der Waals surface area contributed by atoms with Gasteiger partial charge in [0.25, 0.3) is 5.91 Å². The maximum absolute atomic E-state index is 13.2. The first-order valence-electron chi connectivity index (χ1n) is 13.6. The second-order valence-corrected chi connectivity index (χ2v) is 10.7. The Kier molecular flexibility index (Phi) is 5.77. The SMILES string of the molecule is CC(=O)c1c(C2CC3CC[C@@H](C2)N3C(=O)c2nc(N)n[nH]2)nc2c(-c3ccc(-c4ccccc4)nc3)cnn2c1N. The number of fused-ring (bicyclic) bond motifs is 3. The average Bonchev–Trinajstić information content (AvgIpc) is 3.68. The summed E-state index contributed by atoms with van der Waals surface area (Å²) >= 11 is 0. The monoisotopic (exact) mass is 548 g/mol. The Morgan fingerprint density at radius 3 is 2.34 bits per heavy atom. The molecule has 0 spiro atoms. The number of aromatic amines is 1. The van der Waals surface area contributed by atoms with Crippen molar-refractivity contribution in [2.45, 2.75) is 50.6 Å². The number of H-pyrrole nitrogens is 1. The molecule has 2 saturated heterocycles. The number of nitrogens with two attached hydrogens (primary N) is 2. The van der Waals surface area contributed by atoms with Crippen LogP contribution in [0.25, 0.3) is 28.0 Å². The normalized spacial score (nSPS) is 20.0. The van der Waals surface area contributed by atoms with E-state index in [4.69, 9.17) is 16.5 Å². The summed E-state index contributed by atoms with van der Waals surface area (Å²) in [5.41, 5.74) is 17.3. The number of hydrogen-bond donors (Lipinski definition) is 3. The van der Waals surface area contributed by atoms with Crippen molar-refractivity contribution in [3.8, 4) is 22.4 Å². The molecule has 6 heterocycles. The number of amides is 1. The molecule has 4 aromatic heterocycles. The summed E-state index contributed by atoms with van der Waals surface area (Å²) < 4.78 is 1.53. The van der Waals surface area contributed by atoms with E-state index < -0.39 is 0 Å². The molecule has 5 aromatic rings. The van der Waals surface area contributed by atoms with Gasteiger partial charge in [0, 0.05) is 40.9 Å². The minimum atomic E-state index is -0.209. The third kappa shape index (κ3) is 4.10. The average molecular weight is 549 g/mol. The maximum atomic E-state index is 13.2. The molecule has 7 rings (SSSR count). The number of benzene rings is 1. The lowest BCUT2D eigenvalue weighted by atomic mass is 9.85. The molecule has 0 aliphatic carbocycles. The Balaban J connectivity index is 1.25. The predicted octanol–water partition coefficient (Wildman–Crippen LogP) is 3.49. The van der Waals surface area contributed by atoms with Crippen molar-refractivity contribution < 1.29 is 9.59 Å². The smallest absolute Gasteiger partial charge is 0.291 e. The third-order valence-corrected chi connectivity index (χ3v) is 8.27. The summed E-state index contributed by atoms with van der Waals surface area (Å²) in [7, 11) is 0. The molecule has 5 N–H and O–H groups in total. The summed E-state index contributed by atoms with van der Waals surface area (Å²) in [4.78, 5) is 41.8. The number of anilines is 2. The molecule has 12 nitrogen and oxygen atoms in total. The zero-order valence-electron chi connectivity index (χ0n) is 22.4. The van der Waals surface area contributed by atoms with Gasteiger partial charge < -0.3 is 16.4 Å². The summed E-state index contributed by atoms with van der Waals surface area (Å²) in [6.45, 7) is 1.50. The Hall–Kier alpha value is -5.13. The van der Waals surface area contributed by atoms with Crippen LogP contribution in [0.3, 0.4) is 0 Å². The van der Waals surface area contributed by atoms with Crippen LogP contribution < -0.4 is 11.5 Å². The highest BCUT2D eigenvalue weighted by Crippen LogP contribution is 2.45. The molecule has 2 unspecified atom stereocenters. The van der Waals surface area contributed by atoms with Gasteiger partial charge in [0.05, 0.1) is 23.1 Å². The number of pyridine rings is 1. The fraction of sp³-hybridized carbons (Fsp3) is 0.276. The molecule has 0 saturated carbocycles. The van der Waals surface area contributed by atoms with E-state index in [0.717, 1.165) is 35.2 Å². The molecule has 41 heavy (non-hydrogen) atoms. The number of nitrogen functional groups attached to an aromatic ring is 2. The summed E-state index contributed by atoms with van der Waals surface area (Å²) in [6, 6.07) is 13.9. The topological polar surface area (TPSA) is 174 Å². The van der Waals surface area contributed by atoms with Gasteiger partial charge in [-0.05, 0) is 38.7 Å². The van der Waals surface area contributed by atoms with E-state index in [1.165, 1.54) is 11.4 Å². The number of aromatic nitrogens is 7. The maximum Gasteiger partial charge on any atom is 0.291 e. The number of piperidine rings is 1. The van der Waals surface area contributed by atoms with Crippen molar-refractivity contribution >= 4 is 29.1 Å². The van der Waals surface area contributed by atoms with Crippen molar-refractivity contribution in [1.82, 2.24) is 39.7 Å². The van der Waals surface area contributed by atoms with Crippen LogP contribution in [-0.4, -0.2) is 63.4 Å². The number of hydrogen-bond acceptors (Lipinski definition) is 9. The highest BCUT2D eigenvalue weighted by atomic mass is 16.2. The minimum Gasteiger partial charge on any atom is -0.383 e. The standard InChI is InChI=1S/C29H28N10O2/c1-15(40)23-24(18-11-19-8-9-20(12-18)38(19)28(41)26-35-29(31)37-36-26)34-27-21(14-33-39(27)25(23)30)17-7-10-22(32-13-17)16-5-3-2-4-6-16/h2-7,10,13-14,18-20H,8-9,11-12,30H2,1H3,(H3,31,35,36,37)/t18?,19-,20?/m0/s1. The number of Topliss-reactive ketones (excluding diaryl/α,β-unsaturated/α-hetero) is 1. The van der Waals surface area contributed by atoms with Crippen molar-refractivity contribution in [2.24, 2.45) is 0 Å². The largest absolute Gasteiger partial charge is 0.383 e. The van der Waals surface area contributed by atoms with E-state index >= 15 is 0 Å². The molecule has 12 heteroatoms. The van der Waals surface area contributed by atoms with Gasteiger partial charge in [-0.3, -0.25) is 19.7 Å². The number of carbonyl (C=O) groups excluding carboxylic acids is 2. The first-order valence-corrected chi connectivity index (χ1v) is 13.6. The Morgan fingerprint density at radius 2 is 1.71 bits per heavy atom. The molecule has 2 bridgehead atoms. The summed E-state index contributed by atoms with van der Waals surface area (Å²) in [5, 5.41) is 10.9. The van der Waals surface area contributed by atoms with E-state index in [-0.39, 0.29) is 47.3 Å². The van der Waals surface area contributed by atoms with Gasteiger partial charge in [-0.15, -0.1) is 5.10 Å². The Morgan fingerprint density at radius 1 is 0.951 bits per heavy atom. The highest BCUT2D eigenvalue weighted by molar-refractivity contribution is 6.00. The first-order chi connectivity index (χ1) is 19.9. The molecule has 2 fully saturated rings. The van der Waals surface area contributed by atoms with Gasteiger partial charge in [-0.2, -0.15) is 14.6 Å². The van der Waals surface area contributed by atoms with Crippen LogP contribution in [0, 0.1) is 0 Å². The van der Waals surface area contributed by atoms with E-state index in [0.29, 0.717) is 29.7 Å². The highest BCUT2D eigenvalue weighted by Gasteiger charge is 2.46. The minimum absolute atomic E-state index is 0.0178. The van der Waals surface area contributed by atoms with Gasteiger partial charge in [0.15, 0.2) is 11.4 Å². The van der Waals surface area contributed by atoms with E-state index in [1.807, 2.05) is 47.4 Å². The third-order valence-electron chi connectivity index (χ3n) is 8.27. The molecule has 3 atom stereocenters. The lowest BCUT2D eigenvalue weighted by molar-refractivity contribution is 0.0556. The quantitative estimate of drug-likeness (QED) is 0.278. The summed E-state index contributed by atoms with van der Waals surface area (Å²) in [6.07, 6.45) is 6.55. The zero-order chi connectivity index (χ0) is 28.2. The van der Waals surface area contributed by atoms with Crippen molar-refractivity contribution in [3.05, 3.63) is 71.9 Å². The van der Waals surface area contributed by atoms with Crippen LogP contribution in [0.2, 0.25) is 0 Å². The number of ketones is 1. The van der Waals surface area contributed by atoms with Crippen molar-refractivity contribution in [1.29, 1.82) is 0 Å². The van der Waals surface area contributed by atoms with Gasteiger partial charge >= 0.3 is 0 Å². The van der Waals surface area contributed by atoms with Crippen molar-refractivity contribution in [2.75, 3.05) is 11.5 Å². The van der Waals surface area contributed by atoms with Crippen LogP contribution >= 0.6 is 0 Å². The van der Waals surface area contributed by atoms with Crippen LogP contribution in [0.5, 0.6) is 0 Å². The fourth-order valence-electron chi connectivity index (χ4n) is 6.45. The zero-order valence-corrected chi connectivity index (χ0v) is 22.4. The molecule has 0 radical (unpaired) electrons. The van der Waals surface area contributed by atoms with Crippen LogP contribution in [0.4, 0.5) is 11.8 Å². The molecular formula is C29H28N10O2. The summed E-state index contributed by atoms with van der Waals surface area (Å²) in [5.74, 6) is 0.0164. The number of nitrogens with zero attached hydrogens (tertiary/aromatic N) is 7. The molecule has 2 aliphatic heterocycles. The molecule has 1 amide bonds. The first kappa shape index (κ1) is 24.9. The van der Waals surface area contributed by atoms with Gasteiger partial charge in [-0.25, -0.2) is 4.98 Å². The van der Waals surface area contributed by atoms with Crippen LogP contribution in [-0.2, 0) is 0 Å². The molecule has 1 aromatic carbocycles. The van der Waals surface area contributed by atoms with Gasteiger partial charge in [0.1, 0.15) is 5.82 Å². The van der Waals surface area contributed by atoms with Gasteiger partial charge in [0.2, 0.25) is 11.8 Å². The lowest BCUT2D eigenvalue weighted by Crippen LogP contribution is -2.46. The van der Waals surface area contributed by atoms with E-state index in [1.54, 1.807) is 12.4 Å². The van der Waals surface area contributed by atoms with Crippen molar-refractivity contribution in [3.63, 3.8) is 0 Å². The number of rotatable bonds is 5. The van der Waals surface area contributed by atoms with E-state index in [2.05, 4.69) is 25.3 Å². The van der Waals surface area contributed by atoms with E-state index in [9.17, 15) is 9.59 Å². The van der Waals surface area contributed by atoms with Crippen LogP contribution in [0.1, 0.15) is 65.2 Å². The van der Waals surface area contributed by atoms with Crippen LogP contribution in [0.15, 0.2) is 54.9 Å². The lowest BCUT2D eigenvalue weighted by Gasteiger charge is -2.38. The Labute approximate surface area is 234 Å².